The number of nitrogens with zero attached hydrogens (tertiary/aromatic N) is 1. The fourth-order valence-corrected chi connectivity index (χ4v) is 1.87. The van der Waals surface area contributed by atoms with E-state index in [0.29, 0.717) is 10.6 Å². The second-order valence-corrected chi connectivity index (χ2v) is 4.16. The third-order valence-corrected chi connectivity index (χ3v) is 2.65. The highest BCUT2D eigenvalue weighted by atomic mass is 35.5. The molecule has 19 heavy (non-hydrogen) atoms. The lowest BCUT2D eigenvalue weighted by Crippen LogP contribution is -2.07. The SMILES string of the molecule is CCOc1n[nH]c(C(F)(F)F)c1-c1cccc(Cl)c1. The molecule has 1 aromatic heterocycles. The van der Waals surface area contributed by atoms with Gasteiger partial charge in [-0.2, -0.15) is 13.2 Å². The lowest BCUT2D eigenvalue weighted by Gasteiger charge is -2.09. The molecule has 0 radical (unpaired) electrons. The first-order chi connectivity index (χ1) is 8.93. The molecule has 1 aromatic carbocycles. The van der Waals surface area contributed by atoms with Crippen molar-refractivity contribution in [3.05, 3.63) is 35.0 Å². The molecule has 0 bridgehead atoms. The van der Waals surface area contributed by atoms with E-state index in [-0.39, 0.29) is 18.1 Å². The first-order valence-electron chi connectivity index (χ1n) is 5.47. The summed E-state index contributed by atoms with van der Waals surface area (Å²) in [6.45, 7) is 1.89. The van der Waals surface area contributed by atoms with Crippen molar-refractivity contribution in [1.29, 1.82) is 0 Å². The molecule has 0 aliphatic rings. The Hall–Kier alpha value is -1.69. The van der Waals surface area contributed by atoms with Crippen molar-refractivity contribution in [2.75, 3.05) is 6.61 Å². The number of aromatic nitrogens is 2. The van der Waals surface area contributed by atoms with Crippen LogP contribution in [-0.2, 0) is 6.18 Å². The number of benzene rings is 1. The Kier molecular flexibility index (Phi) is 3.71. The van der Waals surface area contributed by atoms with Crippen LogP contribution < -0.4 is 4.74 Å². The predicted molar refractivity (Wildman–Crippen MR) is 65.2 cm³/mol. The van der Waals surface area contributed by atoms with Gasteiger partial charge in [0.05, 0.1) is 12.2 Å². The van der Waals surface area contributed by atoms with Crippen molar-refractivity contribution in [3.63, 3.8) is 0 Å². The average Bonchev–Trinajstić information content (AvgIpc) is 2.73. The summed E-state index contributed by atoms with van der Waals surface area (Å²) in [5.41, 5.74) is -0.771. The van der Waals surface area contributed by atoms with Crippen molar-refractivity contribution < 1.29 is 17.9 Å². The van der Waals surface area contributed by atoms with Gasteiger partial charge in [0.2, 0.25) is 5.88 Å². The number of alkyl halides is 3. The number of ether oxygens (including phenoxy) is 1. The summed E-state index contributed by atoms with van der Waals surface area (Å²) in [5.74, 6) is -0.0860. The number of H-pyrrole nitrogens is 1. The zero-order valence-corrected chi connectivity index (χ0v) is 10.6. The molecule has 0 unspecified atom stereocenters. The van der Waals surface area contributed by atoms with Crippen molar-refractivity contribution in [2.45, 2.75) is 13.1 Å². The van der Waals surface area contributed by atoms with Gasteiger partial charge in [-0.1, -0.05) is 23.7 Å². The normalized spacial score (nSPS) is 11.6. The summed E-state index contributed by atoms with van der Waals surface area (Å²) in [5, 5.41) is 5.88. The molecular formula is C12H10ClF3N2O. The van der Waals surface area contributed by atoms with Crippen LogP contribution in [0.4, 0.5) is 13.2 Å². The first kappa shape index (κ1) is 13.7. The average molecular weight is 291 g/mol. The largest absolute Gasteiger partial charge is 0.476 e. The van der Waals surface area contributed by atoms with Gasteiger partial charge in [0.1, 0.15) is 0 Å². The van der Waals surface area contributed by atoms with Crippen LogP contribution >= 0.6 is 11.6 Å². The van der Waals surface area contributed by atoms with Crippen LogP contribution in [0.5, 0.6) is 5.88 Å². The molecule has 0 amide bonds. The Bertz CT molecular complexity index is 581. The molecule has 2 rings (SSSR count). The second-order valence-electron chi connectivity index (χ2n) is 3.72. The van der Waals surface area contributed by atoms with Crippen molar-refractivity contribution in [3.8, 4) is 17.0 Å². The zero-order valence-electron chi connectivity index (χ0n) is 9.88. The topological polar surface area (TPSA) is 37.9 Å². The second kappa shape index (κ2) is 5.13. The number of aromatic amines is 1. The van der Waals surface area contributed by atoms with Crippen LogP contribution in [0.15, 0.2) is 24.3 Å². The van der Waals surface area contributed by atoms with E-state index >= 15 is 0 Å². The van der Waals surface area contributed by atoms with E-state index < -0.39 is 11.9 Å². The number of nitrogens with one attached hydrogen (secondary N) is 1. The summed E-state index contributed by atoms with van der Waals surface area (Å²) in [4.78, 5) is 0. The summed E-state index contributed by atoms with van der Waals surface area (Å²) in [6.07, 6.45) is -4.54. The van der Waals surface area contributed by atoms with Gasteiger partial charge in [0.25, 0.3) is 0 Å². The highest BCUT2D eigenvalue weighted by Crippen LogP contribution is 2.41. The molecule has 0 saturated heterocycles. The first-order valence-corrected chi connectivity index (χ1v) is 5.85. The van der Waals surface area contributed by atoms with E-state index in [0.717, 1.165) is 0 Å². The highest BCUT2D eigenvalue weighted by Gasteiger charge is 2.38. The highest BCUT2D eigenvalue weighted by molar-refractivity contribution is 6.30. The number of rotatable bonds is 3. The minimum atomic E-state index is -4.54. The number of halogens is 4. The third kappa shape index (κ3) is 2.84. The molecule has 0 fully saturated rings. The van der Waals surface area contributed by atoms with E-state index in [4.69, 9.17) is 16.3 Å². The Morgan fingerprint density at radius 2 is 2.11 bits per heavy atom. The van der Waals surface area contributed by atoms with E-state index in [1.165, 1.54) is 12.1 Å². The summed E-state index contributed by atoms with van der Waals surface area (Å²) < 4.78 is 43.9. The Morgan fingerprint density at radius 3 is 2.68 bits per heavy atom. The van der Waals surface area contributed by atoms with Gasteiger partial charge in [0.15, 0.2) is 5.69 Å². The predicted octanol–water partition coefficient (Wildman–Crippen LogP) is 4.15. The molecule has 0 saturated carbocycles. The van der Waals surface area contributed by atoms with Crippen molar-refractivity contribution >= 4 is 11.6 Å². The standard InChI is InChI=1S/C12H10ClF3N2O/c1-2-19-11-9(7-4-3-5-8(13)6-7)10(17-18-11)12(14,15)16/h3-6H,2H2,1H3,(H,17,18). The van der Waals surface area contributed by atoms with Gasteiger partial charge in [0, 0.05) is 5.02 Å². The molecule has 0 aliphatic carbocycles. The van der Waals surface area contributed by atoms with Crippen LogP contribution in [-0.4, -0.2) is 16.8 Å². The zero-order chi connectivity index (χ0) is 14.0. The fourth-order valence-electron chi connectivity index (χ4n) is 1.68. The smallest absolute Gasteiger partial charge is 0.433 e. The lowest BCUT2D eigenvalue weighted by molar-refractivity contribution is -0.140. The van der Waals surface area contributed by atoms with Crippen LogP contribution in [0.1, 0.15) is 12.6 Å². The number of hydrogen-bond acceptors (Lipinski definition) is 2. The monoisotopic (exact) mass is 290 g/mol. The fraction of sp³-hybridized carbons (Fsp3) is 0.250. The van der Waals surface area contributed by atoms with Crippen LogP contribution in [0, 0.1) is 0 Å². The van der Waals surface area contributed by atoms with Crippen LogP contribution in [0.2, 0.25) is 5.02 Å². The molecule has 2 aromatic rings. The van der Waals surface area contributed by atoms with E-state index in [1.807, 2.05) is 5.10 Å². The third-order valence-electron chi connectivity index (χ3n) is 2.41. The van der Waals surface area contributed by atoms with Gasteiger partial charge >= 0.3 is 6.18 Å². The van der Waals surface area contributed by atoms with Crippen molar-refractivity contribution in [2.24, 2.45) is 0 Å². The molecule has 1 heterocycles. The summed E-state index contributed by atoms with van der Waals surface area (Å²) in [7, 11) is 0. The van der Waals surface area contributed by atoms with E-state index in [2.05, 4.69) is 5.10 Å². The van der Waals surface area contributed by atoms with Gasteiger partial charge in [-0.15, -0.1) is 5.10 Å². The number of hydrogen-bond donors (Lipinski definition) is 1. The van der Waals surface area contributed by atoms with E-state index in [9.17, 15) is 13.2 Å². The maximum absolute atomic E-state index is 12.9. The summed E-state index contributed by atoms with van der Waals surface area (Å²) >= 11 is 5.81. The molecule has 0 atom stereocenters. The summed E-state index contributed by atoms with van der Waals surface area (Å²) in [6, 6.07) is 6.11. The maximum Gasteiger partial charge on any atom is 0.433 e. The van der Waals surface area contributed by atoms with Crippen LogP contribution in [0.25, 0.3) is 11.1 Å². The Labute approximate surface area is 112 Å². The van der Waals surface area contributed by atoms with Crippen molar-refractivity contribution in [1.82, 2.24) is 10.2 Å². The van der Waals surface area contributed by atoms with Crippen LogP contribution in [0.3, 0.4) is 0 Å². The molecule has 0 aliphatic heterocycles. The molecular weight excluding hydrogens is 281 g/mol. The quantitative estimate of drug-likeness (QED) is 0.922. The van der Waals surface area contributed by atoms with Gasteiger partial charge in [-0.25, -0.2) is 0 Å². The minimum Gasteiger partial charge on any atom is -0.476 e. The van der Waals surface area contributed by atoms with E-state index in [1.54, 1.807) is 19.1 Å². The Balaban J connectivity index is 2.61. The molecule has 0 spiro atoms. The molecule has 102 valence electrons. The maximum atomic E-state index is 12.9. The molecule has 1 N–H and O–H groups in total. The lowest BCUT2D eigenvalue weighted by atomic mass is 10.1. The Morgan fingerprint density at radius 1 is 1.37 bits per heavy atom. The van der Waals surface area contributed by atoms with Gasteiger partial charge in [-0.05, 0) is 24.6 Å². The van der Waals surface area contributed by atoms with Gasteiger partial charge in [-0.3, -0.25) is 5.10 Å². The van der Waals surface area contributed by atoms with Gasteiger partial charge < -0.3 is 4.74 Å². The molecule has 3 nitrogen and oxygen atoms in total. The minimum absolute atomic E-state index is 0.0860. The molecule has 7 heteroatoms.